The van der Waals surface area contributed by atoms with Gasteiger partial charge in [0.25, 0.3) is 0 Å². The number of aromatic amines is 1. The number of nitrogen functional groups attached to an aromatic ring is 1. The number of nitrogens with one attached hydrogen (secondary N) is 1. The highest BCUT2D eigenvalue weighted by atomic mass is 35.5. The number of halogens is 1. The fourth-order valence-corrected chi connectivity index (χ4v) is 2.18. The summed E-state index contributed by atoms with van der Waals surface area (Å²) in [5, 5.41) is 0.654. The number of benzene rings is 2. The molecular weight excluding hydrogens is 246 g/mol. The lowest BCUT2D eigenvalue weighted by Crippen LogP contribution is -1.97. The van der Waals surface area contributed by atoms with Gasteiger partial charge in [0.2, 0.25) is 0 Å². The zero-order chi connectivity index (χ0) is 12.5. The standard InChI is InChI=1S/C14H12ClN3/c15-10-6-5-9(11(16)8-10)7-14-17-12-3-1-2-4-13(12)18-14/h1-6,8H,7,16H2,(H,17,18). The van der Waals surface area contributed by atoms with Crippen molar-refractivity contribution in [2.45, 2.75) is 6.42 Å². The van der Waals surface area contributed by atoms with E-state index < -0.39 is 0 Å². The summed E-state index contributed by atoms with van der Waals surface area (Å²) in [4.78, 5) is 7.81. The Balaban J connectivity index is 1.96. The summed E-state index contributed by atoms with van der Waals surface area (Å²) < 4.78 is 0. The quantitative estimate of drug-likeness (QED) is 0.692. The second-order valence-corrected chi connectivity index (χ2v) is 4.66. The minimum Gasteiger partial charge on any atom is -0.398 e. The van der Waals surface area contributed by atoms with Crippen molar-refractivity contribution in [2.24, 2.45) is 0 Å². The van der Waals surface area contributed by atoms with Crippen molar-refractivity contribution in [2.75, 3.05) is 5.73 Å². The van der Waals surface area contributed by atoms with Gasteiger partial charge in [-0.15, -0.1) is 0 Å². The number of aromatic nitrogens is 2. The molecule has 4 heteroatoms. The SMILES string of the molecule is Nc1cc(Cl)ccc1Cc1nc2ccccc2[nH]1. The maximum atomic E-state index is 5.94. The Morgan fingerprint density at radius 1 is 1.17 bits per heavy atom. The number of para-hydroxylation sites is 2. The molecule has 0 radical (unpaired) electrons. The first-order chi connectivity index (χ1) is 8.72. The molecule has 0 spiro atoms. The van der Waals surface area contributed by atoms with Gasteiger partial charge >= 0.3 is 0 Å². The van der Waals surface area contributed by atoms with Crippen LogP contribution in [0.2, 0.25) is 5.02 Å². The first kappa shape index (κ1) is 11.1. The maximum Gasteiger partial charge on any atom is 0.111 e. The van der Waals surface area contributed by atoms with E-state index in [-0.39, 0.29) is 0 Å². The van der Waals surface area contributed by atoms with Crippen LogP contribution < -0.4 is 5.73 Å². The Labute approximate surface area is 110 Å². The van der Waals surface area contributed by atoms with Gasteiger partial charge in [0.15, 0.2) is 0 Å². The van der Waals surface area contributed by atoms with E-state index in [0.29, 0.717) is 17.1 Å². The molecule has 0 unspecified atom stereocenters. The van der Waals surface area contributed by atoms with Gasteiger partial charge in [0.05, 0.1) is 11.0 Å². The van der Waals surface area contributed by atoms with E-state index in [0.717, 1.165) is 22.4 Å². The van der Waals surface area contributed by atoms with E-state index in [9.17, 15) is 0 Å². The van der Waals surface area contributed by atoms with E-state index in [1.165, 1.54) is 0 Å². The third kappa shape index (κ3) is 2.05. The Kier molecular flexibility index (Phi) is 2.68. The second kappa shape index (κ2) is 4.35. The van der Waals surface area contributed by atoms with Gasteiger partial charge in [-0.25, -0.2) is 4.98 Å². The molecule has 90 valence electrons. The lowest BCUT2D eigenvalue weighted by molar-refractivity contribution is 1.04. The Morgan fingerprint density at radius 2 is 2.00 bits per heavy atom. The number of hydrogen-bond donors (Lipinski definition) is 2. The molecule has 3 rings (SSSR count). The van der Waals surface area contributed by atoms with Crippen molar-refractivity contribution < 1.29 is 0 Å². The van der Waals surface area contributed by atoms with E-state index in [4.69, 9.17) is 17.3 Å². The molecule has 0 aliphatic rings. The molecule has 0 atom stereocenters. The topological polar surface area (TPSA) is 54.7 Å². The third-order valence-electron chi connectivity index (χ3n) is 2.90. The maximum absolute atomic E-state index is 5.94. The Morgan fingerprint density at radius 3 is 2.78 bits per heavy atom. The summed E-state index contributed by atoms with van der Waals surface area (Å²) in [6, 6.07) is 13.5. The molecular formula is C14H12ClN3. The average Bonchev–Trinajstić information content (AvgIpc) is 2.75. The molecule has 0 bridgehead atoms. The minimum absolute atomic E-state index is 0.654. The summed E-state index contributed by atoms with van der Waals surface area (Å²) >= 11 is 5.88. The molecule has 0 saturated carbocycles. The summed E-state index contributed by atoms with van der Waals surface area (Å²) in [6.45, 7) is 0. The highest BCUT2D eigenvalue weighted by Crippen LogP contribution is 2.21. The number of fused-ring (bicyclic) bond motifs is 1. The van der Waals surface area contributed by atoms with Gasteiger partial charge in [-0.05, 0) is 29.8 Å². The predicted octanol–water partition coefficient (Wildman–Crippen LogP) is 3.39. The van der Waals surface area contributed by atoms with Crippen molar-refractivity contribution in [3.63, 3.8) is 0 Å². The lowest BCUT2D eigenvalue weighted by atomic mass is 10.1. The Hall–Kier alpha value is -2.00. The molecule has 0 fully saturated rings. The van der Waals surface area contributed by atoms with Crippen molar-refractivity contribution in [1.82, 2.24) is 9.97 Å². The van der Waals surface area contributed by atoms with E-state index in [2.05, 4.69) is 9.97 Å². The van der Waals surface area contributed by atoms with E-state index in [1.54, 1.807) is 6.07 Å². The number of H-pyrrole nitrogens is 1. The zero-order valence-electron chi connectivity index (χ0n) is 9.65. The normalized spacial score (nSPS) is 10.9. The summed E-state index contributed by atoms with van der Waals surface area (Å²) in [5.74, 6) is 0.908. The summed E-state index contributed by atoms with van der Waals surface area (Å²) in [7, 11) is 0. The van der Waals surface area contributed by atoms with Gasteiger partial charge in [0, 0.05) is 17.1 Å². The average molecular weight is 258 g/mol. The minimum atomic E-state index is 0.654. The first-order valence-electron chi connectivity index (χ1n) is 5.70. The van der Waals surface area contributed by atoms with E-state index in [1.807, 2.05) is 36.4 Å². The van der Waals surface area contributed by atoms with Crippen molar-refractivity contribution >= 4 is 28.3 Å². The zero-order valence-corrected chi connectivity index (χ0v) is 10.4. The highest BCUT2D eigenvalue weighted by Gasteiger charge is 2.06. The van der Waals surface area contributed by atoms with Gasteiger partial charge in [-0.2, -0.15) is 0 Å². The van der Waals surface area contributed by atoms with Gasteiger partial charge in [-0.1, -0.05) is 29.8 Å². The third-order valence-corrected chi connectivity index (χ3v) is 3.14. The molecule has 3 N–H and O–H groups in total. The number of hydrogen-bond acceptors (Lipinski definition) is 2. The lowest BCUT2D eigenvalue weighted by Gasteiger charge is -2.03. The monoisotopic (exact) mass is 257 g/mol. The van der Waals surface area contributed by atoms with Crippen LogP contribution in [0.4, 0.5) is 5.69 Å². The number of imidazole rings is 1. The van der Waals surface area contributed by atoms with Crippen LogP contribution in [-0.4, -0.2) is 9.97 Å². The van der Waals surface area contributed by atoms with Gasteiger partial charge in [0.1, 0.15) is 5.82 Å². The van der Waals surface area contributed by atoms with Crippen LogP contribution in [0, 0.1) is 0 Å². The van der Waals surface area contributed by atoms with Crippen LogP contribution in [0.1, 0.15) is 11.4 Å². The highest BCUT2D eigenvalue weighted by molar-refractivity contribution is 6.30. The number of rotatable bonds is 2. The van der Waals surface area contributed by atoms with Crippen molar-refractivity contribution in [1.29, 1.82) is 0 Å². The molecule has 18 heavy (non-hydrogen) atoms. The van der Waals surface area contributed by atoms with Gasteiger partial charge in [-0.3, -0.25) is 0 Å². The number of nitrogens with two attached hydrogens (primary N) is 1. The molecule has 3 nitrogen and oxygen atoms in total. The van der Waals surface area contributed by atoms with Crippen LogP contribution >= 0.6 is 11.6 Å². The van der Waals surface area contributed by atoms with Crippen LogP contribution in [0.25, 0.3) is 11.0 Å². The predicted molar refractivity (Wildman–Crippen MR) is 74.8 cm³/mol. The molecule has 0 saturated heterocycles. The molecule has 1 heterocycles. The molecule has 0 aliphatic heterocycles. The van der Waals surface area contributed by atoms with Crippen LogP contribution in [0.15, 0.2) is 42.5 Å². The molecule has 3 aromatic rings. The van der Waals surface area contributed by atoms with Crippen LogP contribution in [0.3, 0.4) is 0 Å². The van der Waals surface area contributed by atoms with Gasteiger partial charge < -0.3 is 10.7 Å². The number of anilines is 1. The van der Waals surface area contributed by atoms with Crippen molar-refractivity contribution in [3.8, 4) is 0 Å². The largest absolute Gasteiger partial charge is 0.398 e. The fraction of sp³-hybridized carbons (Fsp3) is 0.0714. The van der Waals surface area contributed by atoms with Crippen LogP contribution in [0.5, 0.6) is 0 Å². The van der Waals surface area contributed by atoms with Crippen molar-refractivity contribution in [3.05, 3.63) is 58.9 Å². The smallest absolute Gasteiger partial charge is 0.111 e. The number of nitrogens with zero attached hydrogens (tertiary/aromatic N) is 1. The molecule has 0 aliphatic carbocycles. The first-order valence-corrected chi connectivity index (χ1v) is 6.08. The van der Waals surface area contributed by atoms with Crippen LogP contribution in [-0.2, 0) is 6.42 Å². The molecule has 0 amide bonds. The molecule has 2 aromatic carbocycles. The van der Waals surface area contributed by atoms with E-state index >= 15 is 0 Å². The summed E-state index contributed by atoms with van der Waals surface area (Å²) in [5.41, 5.74) is 9.67. The second-order valence-electron chi connectivity index (χ2n) is 4.22. The molecule has 1 aromatic heterocycles. The fourth-order valence-electron chi connectivity index (χ4n) is 2.00. The summed E-state index contributed by atoms with van der Waals surface area (Å²) in [6.07, 6.45) is 0.678. The Bertz CT molecular complexity index is 670.